The molecule has 1 aliphatic heterocycles. The molecule has 4 nitrogen and oxygen atoms in total. The maximum atomic E-state index is 12.2. The number of hydrogen-bond donors (Lipinski definition) is 0. The molecule has 0 aromatic carbocycles. The lowest BCUT2D eigenvalue weighted by molar-refractivity contribution is -0.141. The van der Waals surface area contributed by atoms with E-state index in [1.807, 2.05) is 0 Å². The van der Waals surface area contributed by atoms with Gasteiger partial charge in [0.05, 0.1) is 6.10 Å². The standard InChI is InChI=1S/C19H28O4/c1-3-4-5-9-15-16(18(22-2)13-17(15)20)10-7-6-8-14-11-12-19(21)23-14/h4-5,14,18H,3,6-13H2,1-2H3/b5-4-/t14-,18+/m1/s1. The fourth-order valence-corrected chi connectivity index (χ4v) is 3.41. The lowest BCUT2D eigenvalue weighted by Crippen LogP contribution is -2.11. The van der Waals surface area contributed by atoms with E-state index in [9.17, 15) is 9.59 Å². The van der Waals surface area contributed by atoms with Crippen LogP contribution in [0.25, 0.3) is 0 Å². The van der Waals surface area contributed by atoms with Crippen molar-refractivity contribution in [1.82, 2.24) is 0 Å². The Bertz CT molecular complexity index is 490. The first-order chi connectivity index (χ1) is 11.2. The summed E-state index contributed by atoms with van der Waals surface area (Å²) in [4.78, 5) is 23.3. The predicted molar refractivity (Wildman–Crippen MR) is 89.1 cm³/mol. The summed E-state index contributed by atoms with van der Waals surface area (Å²) in [7, 11) is 1.68. The van der Waals surface area contributed by atoms with E-state index in [1.165, 1.54) is 5.57 Å². The summed E-state index contributed by atoms with van der Waals surface area (Å²) in [5.74, 6) is 0.167. The molecule has 0 aromatic rings. The van der Waals surface area contributed by atoms with E-state index in [0.717, 1.165) is 50.5 Å². The molecule has 0 amide bonds. The van der Waals surface area contributed by atoms with Crippen molar-refractivity contribution >= 4 is 11.8 Å². The first kappa shape index (κ1) is 17.9. The Labute approximate surface area is 138 Å². The normalized spacial score (nSPS) is 25.0. The van der Waals surface area contributed by atoms with Gasteiger partial charge in [0.15, 0.2) is 5.78 Å². The van der Waals surface area contributed by atoms with Crippen LogP contribution in [0.15, 0.2) is 23.3 Å². The van der Waals surface area contributed by atoms with Gasteiger partial charge in [-0.1, -0.05) is 19.1 Å². The molecule has 2 rings (SSSR count). The van der Waals surface area contributed by atoms with Crippen molar-refractivity contribution in [2.45, 2.75) is 76.9 Å². The van der Waals surface area contributed by atoms with Gasteiger partial charge in [-0.2, -0.15) is 0 Å². The Balaban J connectivity index is 1.86. The maximum absolute atomic E-state index is 12.2. The third-order valence-corrected chi connectivity index (χ3v) is 4.68. The molecule has 1 saturated heterocycles. The van der Waals surface area contributed by atoms with Crippen LogP contribution in [0.1, 0.15) is 64.7 Å². The Morgan fingerprint density at radius 1 is 1.26 bits per heavy atom. The van der Waals surface area contributed by atoms with Gasteiger partial charge in [-0.05, 0) is 50.5 Å². The van der Waals surface area contributed by atoms with Gasteiger partial charge in [0.25, 0.3) is 0 Å². The number of unbranched alkanes of at least 4 members (excludes halogenated alkanes) is 1. The van der Waals surface area contributed by atoms with Crippen LogP contribution in [0.5, 0.6) is 0 Å². The lowest BCUT2D eigenvalue weighted by atomic mass is 9.99. The van der Waals surface area contributed by atoms with E-state index in [-0.39, 0.29) is 24.0 Å². The van der Waals surface area contributed by atoms with Gasteiger partial charge in [0.2, 0.25) is 0 Å². The minimum Gasteiger partial charge on any atom is -0.462 e. The largest absolute Gasteiger partial charge is 0.462 e. The Hall–Kier alpha value is -1.42. The van der Waals surface area contributed by atoms with E-state index in [1.54, 1.807) is 7.11 Å². The number of carbonyl (C=O) groups is 2. The Morgan fingerprint density at radius 2 is 2.09 bits per heavy atom. The van der Waals surface area contributed by atoms with Crippen LogP contribution in [0.3, 0.4) is 0 Å². The summed E-state index contributed by atoms with van der Waals surface area (Å²) in [6.45, 7) is 2.09. The molecular formula is C19H28O4. The summed E-state index contributed by atoms with van der Waals surface area (Å²) < 4.78 is 10.7. The van der Waals surface area contributed by atoms with Crippen molar-refractivity contribution in [3.05, 3.63) is 23.3 Å². The van der Waals surface area contributed by atoms with Crippen molar-refractivity contribution < 1.29 is 19.1 Å². The monoisotopic (exact) mass is 320 g/mol. The van der Waals surface area contributed by atoms with Gasteiger partial charge in [-0.3, -0.25) is 9.59 Å². The van der Waals surface area contributed by atoms with Crippen molar-refractivity contribution in [1.29, 1.82) is 0 Å². The minimum atomic E-state index is -0.0662. The third-order valence-electron chi connectivity index (χ3n) is 4.68. The van der Waals surface area contributed by atoms with Crippen molar-refractivity contribution in [3.8, 4) is 0 Å². The van der Waals surface area contributed by atoms with Gasteiger partial charge in [0, 0.05) is 25.5 Å². The van der Waals surface area contributed by atoms with Gasteiger partial charge in [-0.15, -0.1) is 0 Å². The molecule has 2 atom stereocenters. The molecule has 1 heterocycles. The van der Waals surface area contributed by atoms with E-state index >= 15 is 0 Å². The van der Waals surface area contributed by atoms with Crippen molar-refractivity contribution in [3.63, 3.8) is 0 Å². The summed E-state index contributed by atoms with van der Waals surface area (Å²) in [5, 5.41) is 0. The number of rotatable bonds is 9. The summed E-state index contributed by atoms with van der Waals surface area (Å²) in [5.41, 5.74) is 2.13. The molecule has 128 valence electrons. The van der Waals surface area contributed by atoms with Gasteiger partial charge in [0.1, 0.15) is 6.10 Å². The molecule has 23 heavy (non-hydrogen) atoms. The number of carbonyl (C=O) groups excluding carboxylic acids is 2. The van der Waals surface area contributed by atoms with E-state index in [0.29, 0.717) is 12.8 Å². The SMILES string of the molecule is CC/C=C\CC1=C(CCCC[C@@H]2CCC(=O)O2)[C@@H](OC)CC1=O. The second kappa shape index (κ2) is 9.02. The minimum absolute atomic E-state index is 0.0446. The number of ketones is 1. The molecule has 0 spiro atoms. The average molecular weight is 320 g/mol. The number of cyclic esters (lactones) is 1. The van der Waals surface area contributed by atoms with Crippen molar-refractivity contribution in [2.24, 2.45) is 0 Å². The maximum Gasteiger partial charge on any atom is 0.306 e. The zero-order valence-electron chi connectivity index (χ0n) is 14.3. The molecule has 0 bridgehead atoms. The summed E-state index contributed by atoms with van der Waals surface area (Å²) in [6.07, 6.45) is 11.7. The Morgan fingerprint density at radius 3 is 2.74 bits per heavy atom. The smallest absolute Gasteiger partial charge is 0.306 e. The van der Waals surface area contributed by atoms with Crippen LogP contribution in [-0.4, -0.2) is 31.1 Å². The number of esters is 1. The highest BCUT2D eigenvalue weighted by Gasteiger charge is 2.31. The number of ether oxygens (including phenoxy) is 2. The molecule has 4 heteroatoms. The molecular weight excluding hydrogens is 292 g/mol. The van der Waals surface area contributed by atoms with Gasteiger partial charge < -0.3 is 9.47 Å². The fourth-order valence-electron chi connectivity index (χ4n) is 3.41. The highest BCUT2D eigenvalue weighted by molar-refractivity contribution is 5.99. The van der Waals surface area contributed by atoms with Gasteiger partial charge in [-0.25, -0.2) is 0 Å². The summed E-state index contributed by atoms with van der Waals surface area (Å²) >= 11 is 0. The second-order valence-electron chi connectivity index (χ2n) is 6.34. The Kier molecular flexibility index (Phi) is 7.03. The van der Waals surface area contributed by atoms with Crippen LogP contribution in [0.2, 0.25) is 0 Å². The first-order valence-corrected chi connectivity index (χ1v) is 8.78. The van der Waals surface area contributed by atoms with Crippen LogP contribution < -0.4 is 0 Å². The molecule has 0 N–H and O–H groups in total. The molecule has 1 fully saturated rings. The van der Waals surface area contributed by atoms with E-state index in [4.69, 9.17) is 9.47 Å². The van der Waals surface area contributed by atoms with Gasteiger partial charge >= 0.3 is 5.97 Å². The van der Waals surface area contributed by atoms with E-state index < -0.39 is 0 Å². The quantitative estimate of drug-likeness (QED) is 0.367. The zero-order valence-corrected chi connectivity index (χ0v) is 14.3. The molecule has 0 aromatic heterocycles. The topological polar surface area (TPSA) is 52.6 Å². The van der Waals surface area contributed by atoms with Crippen LogP contribution in [-0.2, 0) is 19.1 Å². The number of Topliss-reactive ketones (excluding diaryl/α,β-unsaturated/α-hetero) is 1. The first-order valence-electron chi connectivity index (χ1n) is 8.78. The second-order valence-corrected chi connectivity index (χ2v) is 6.34. The molecule has 0 radical (unpaired) electrons. The summed E-state index contributed by atoms with van der Waals surface area (Å²) in [6, 6.07) is 0. The van der Waals surface area contributed by atoms with E-state index in [2.05, 4.69) is 19.1 Å². The molecule has 1 aliphatic carbocycles. The fraction of sp³-hybridized carbons (Fsp3) is 0.684. The van der Waals surface area contributed by atoms with Crippen molar-refractivity contribution in [2.75, 3.05) is 7.11 Å². The highest BCUT2D eigenvalue weighted by Crippen LogP contribution is 2.32. The molecule has 0 saturated carbocycles. The van der Waals surface area contributed by atoms with Crippen LogP contribution in [0, 0.1) is 0 Å². The number of methoxy groups -OCH3 is 1. The van der Waals surface area contributed by atoms with Crippen LogP contribution in [0.4, 0.5) is 0 Å². The molecule has 2 aliphatic rings. The predicted octanol–water partition coefficient (Wildman–Crippen LogP) is 3.89. The number of allylic oxidation sites excluding steroid dienone is 3. The zero-order chi connectivity index (χ0) is 16.7. The highest BCUT2D eigenvalue weighted by atomic mass is 16.5. The third kappa shape index (κ3) is 5.03. The van der Waals surface area contributed by atoms with Crippen LogP contribution >= 0.6 is 0 Å². The number of hydrogen-bond acceptors (Lipinski definition) is 4. The average Bonchev–Trinajstić information content (AvgIpc) is 3.08. The lowest BCUT2D eigenvalue weighted by Gasteiger charge is -2.14. The molecule has 0 unspecified atom stereocenters.